The lowest BCUT2D eigenvalue weighted by molar-refractivity contribution is -0.384. The molecule has 2 aromatic carbocycles. The maximum Gasteiger partial charge on any atom is 0.270 e. The molecular formula is C18H17N3O3. The van der Waals surface area contributed by atoms with E-state index in [1.54, 1.807) is 6.07 Å². The van der Waals surface area contributed by atoms with Crippen molar-refractivity contribution in [2.75, 3.05) is 6.54 Å². The van der Waals surface area contributed by atoms with Crippen LogP contribution in [0.1, 0.15) is 16.8 Å². The molecule has 0 radical (unpaired) electrons. The third-order valence-electron chi connectivity index (χ3n) is 3.86. The summed E-state index contributed by atoms with van der Waals surface area (Å²) in [6.07, 6.45) is 2.81. The van der Waals surface area contributed by atoms with Gasteiger partial charge in [0.1, 0.15) is 0 Å². The Morgan fingerprint density at radius 3 is 2.79 bits per heavy atom. The first-order valence-corrected chi connectivity index (χ1v) is 7.72. The molecule has 0 saturated carbocycles. The molecule has 1 heterocycles. The Balaban J connectivity index is 1.54. The van der Waals surface area contributed by atoms with Gasteiger partial charge in [-0.25, -0.2) is 0 Å². The molecule has 0 atom stereocenters. The summed E-state index contributed by atoms with van der Waals surface area (Å²) in [5, 5.41) is 14.7. The molecule has 0 aliphatic rings. The van der Waals surface area contributed by atoms with Gasteiger partial charge in [-0.2, -0.15) is 0 Å². The lowest BCUT2D eigenvalue weighted by Gasteiger charge is -2.07. The van der Waals surface area contributed by atoms with Crippen molar-refractivity contribution in [3.63, 3.8) is 0 Å². The maximum atomic E-state index is 12.1. The van der Waals surface area contributed by atoms with E-state index < -0.39 is 4.92 Å². The van der Waals surface area contributed by atoms with Crippen molar-refractivity contribution >= 4 is 22.5 Å². The molecule has 0 saturated heterocycles. The zero-order chi connectivity index (χ0) is 16.9. The molecule has 1 N–H and O–H groups in total. The molecule has 6 heteroatoms. The first-order valence-electron chi connectivity index (χ1n) is 7.72. The number of hydrogen-bond acceptors (Lipinski definition) is 3. The molecule has 0 fully saturated rings. The second-order valence-corrected chi connectivity index (χ2v) is 5.48. The highest BCUT2D eigenvalue weighted by Gasteiger charge is 2.10. The predicted octanol–water partition coefficient (Wildman–Crippen LogP) is 3.37. The highest BCUT2D eigenvalue weighted by atomic mass is 16.6. The van der Waals surface area contributed by atoms with E-state index >= 15 is 0 Å². The van der Waals surface area contributed by atoms with Gasteiger partial charge in [0, 0.05) is 42.5 Å². The highest BCUT2D eigenvalue weighted by molar-refractivity contribution is 5.94. The van der Waals surface area contributed by atoms with E-state index in [9.17, 15) is 14.9 Å². The minimum absolute atomic E-state index is 0.0820. The molecular weight excluding hydrogens is 306 g/mol. The largest absolute Gasteiger partial charge is 0.352 e. The number of amides is 1. The van der Waals surface area contributed by atoms with Gasteiger partial charge >= 0.3 is 0 Å². The van der Waals surface area contributed by atoms with Crippen LogP contribution in [0.4, 0.5) is 5.69 Å². The number of aromatic nitrogens is 1. The fraction of sp³-hybridized carbons (Fsp3) is 0.167. The molecule has 3 rings (SSSR count). The van der Waals surface area contributed by atoms with Crippen molar-refractivity contribution in [2.24, 2.45) is 0 Å². The van der Waals surface area contributed by atoms with Gasteiger partial charge in [-0.3, -0.25) is 14.9 Å². The van der Waals surface area contributed by atoms with E-state index in [1.165, 1.54) is 29.1 Å². The van der Waals surface area contributed by atoms with Crippen LogP contribution in [0, 0.1) is 10.1 Å². The maximum absolute atomic E-state index is 12.1. The van der Waals surface area contributed by atoms with Crippen LogP contribution in [0.5, 0.6) is 0 Å². The van der Waals surface area contributed by atoms with Crippen LogP contribution in [-0.2, 0) is 6.54 Å². The van der Waals surface area contributed by atoms with Gasteiger partial charge in [0.15, 0.2) is 0 Å². The quantitative estimate of drug-likeness (QED) is 0.429. The molecule has 24 heavy (non-hydrogen) atoms. The van der Waals surface area contributed by atoms with Crippen molar-refractivity contribution in [1.82, 2.24) is 9.88 Å². The van der Waals surface area contributed by atoms with Crippen LogP contribution >= 0.6 is 0 Å². The van der Waals surface area contributed by atoms with E-state index in [0.29, 0.717) is 12.1 Å². The molecule has 0 bridgehead atoms. The fourth-order valence-corrected chi connectivity index (χ4v) is 2.65. The van der Waals surface area contributed by atoms with Crippen molar-refractivity contribution in [3.05, 3.63) is 76.5 Å². The zero-order valence-corrected chi connectivity index (χ0v) is 13.0. The van der Waals surface area contributed by atoms with Crippen molar-refractivity contribution < 1.29 is 9.72 Å². The van der Waals surface area contributed by atoms with Crippen molar-refractivity contribution in [2.45, 2.75) is 13.0 Å². The number of rotatable bonds is 6. The normalized spacial score (nSPS) is 10.7. The van der Waals surface area contributed by atoms with E-state index in [4.69, 9.17) is 0 Å². The van der Waals surface area contributed by atoms with Gasteiger partial charge in [0.25, 0.3) is 11.6 Å². The summed E-state index contributed by atoms with van der Waals surface area (Å²) >= 11 is 0. The second kappa shape index (κ2) is 6.95. The van der Waals surface area contributed by atoms with Crippen molar-refractivity contribution in [1.29, 1.82) is 0 Å². The molecule has 0 unspecified atom stereocenters. The molecule has 6 nitrogen and oxygen atoms in total. The first-order chi connectivity index (χ1) is 11.6. The minimum atomic E-state index is -0.506. The van der Waals surface area contributed by atoms with E-state index in [0.717, 1.165) is 13.0 Å². The van der Waals surface area contributed by atoms with Crippen LogP contribution in [-0.4, -0.2) is 21.9 Å². The third-order valence-corrected chi connectivity index (χ3v) is 3.86. The summed E-state index contributed by atoms with van der Waals surface area (Å²) in [5.41, 5.74) is 1.39. The monoisotopic (exact) mass is 323 g/mol. The molecule has 1 amide bonds. The Morgan fingerprint density at radius 1 is 1.12 bits per heavy atom. The number of nitrogens with one attached hydrogen (secondary N) is 1. The lowest BCUT2D eigenvalue weighted by atomic mass is 10.2. The first kappa shape index (κ1) is 15.7. The number of benzene rings is 2. The molecule has 3 aromatic rings. The zero-order valence-electron chi connectivity index (χ0n) is 13.0. The Bertz CT molecular complexity index is 886. The van der Waals surface area contributed by atoms with Crippen molar-refractivity contribution in [3.8, 4) is 0 Å². The Kier molecular flexibility index (Phi) is 4.56. The molecule has 0 aliphatic heterocycles. The summed E-state index contributed by atoms with van der Waals surface area (Å²) in [7, 11) is 0. The molecule has 1 aromatic heterocycles. The Labute approximate surface area is 138 Å². The molecule has 122 valence electrons. The van der Waals surface area contributed by atoms with Gasteiger partial charge in [0.2, 0.25) is 0 Å². The molecule has 0 aliphatic carbocycles. The van der Waals surface area contributed by atoms with Gasteiger partial charge in [-0.05, 0) is 30.0 Å². The fourth-order valence-electron chi connectivity index (χ4n) is 2.65. The number of non-ortho nitro benzene ring substituents is 1. The highest BCUT2D eigenvalue weighted by Crippen LogP contribution is 2.15. The number of hydrogen-bond donors (Lipinski definition) is 1. The third kappa shape index (κ3) is 3.43. The average Bonchev–Trinajstić information content (AvgIpc) is 3.02. The number of aryl methyl sites for hydroxylation is 1. The van der Waals surface area contributed by atoms with Gasteiger partial charge in [-0.1, -0.05) is 24.3 Å². The predicted molar refractivity (Wildman–Crippen MR) is 92.0 cm³/mol. The summed E-state index contributed by atoms with van der Waals surface area (Å²) in [6.45, 7) is 1.30. The number of para-hydroxylation sites is 1. The van der Waals surface area contributed by atoms with Gasteiger partial charge < -0.3 is 9.88 Å². The minimum Gasteiger partial charge on any atom is -0.352 e. The van der Waals surface area contributed by atoms with Crippen LogP contribution in [0.25, 0.3) is 10.9 Å². The number of fused-ring (bicyclic) bond motifs is 1. The standard InChI is InChI=1S/C18H17N3O3/c22-18(15-6-3-7-16(13-15)21(23)24)19-10-4-11-20-12-9-14-5-1-2-8-17(14)20/h1-3,5-9,12-13H,4,10-11H2,(H,19,22). The second-order valence-electron chi connectivity index (χ2n) is 5.48. The summed E-state index contributed by atoms with van der Waals surface area (Å²) in [5.74, 6) is -0.295. The van der Waals surface area contributed by atoms with Crippen LogP contribution in [0.3, 0.4) is 0 Å². The number of nitro benzene ring substituents is 1. The van der Waals surface area contributed by atoms with Crippen LogP contribution in [0.15, 0.2) is 60.8 Å². The van der Waals surface area contributed by atoms with Crippen LogP contribution < -0.4 is 5.32 Å². The van der Waals surface area contributed by atoms with Gasteiger partial charge in [0.05, 0.1) is 4.92 Å². The number of carbonyl (C=O) groups excluding carboxylic acids is 1. The smallest absolute Gasteiger partial charge is 0.270 e. The van der Waals surface area contributed by atoms with Gasteiger partial charge in [-0.15, -0.1) is 0 Å². The Morgan fingerprint density at radius 2 is 1.96 bits per heavy atom. The van der Waals surface area contributed by atoms with E-state index in [-0.39, 0.29) is 11.6 Å². The number of carbonyl (C=O) groups is 1. The van der Waals surface area contributed by atoms with E-state index in [2.05, 4.69) is 28.1 Å². The summed E-state index contributed by atoms with van der Waals surface area (Å²) < 4.78 is 2.15. The SMILES string of the molecule is O=C(NCCCn1ccc2ccccc21)c1cccc([N+](=O)[O-])c1. The topological polar surface area (TPSA) is 77.2 Å². The summed E-state index contributed by atoms with van der Waals surface area (Å²) in [6, 6.07) is 15.9. The molecule has 0 spiro atoms. The summed E-state index contributed by atoms with van der Waals surface area (Å²) in [4.78, 5) is 22.3. The average molecular weight is 323 g/mol. The number of nitro groups is 1. The lowest BCUT2D eigenvalue weighted by Crippen LogP contribution is -2.25. The van der Waals surface area contributed by atoms with Crippen LogP contribution in [0.2, 0.25) is 0 Å². The Hall–Kier alpha value is -3.15. The van der Waals surface area contributed by atoms with E-state index in [1.807, 2.05) is 18.3 Å². The number of nitrogens with zero attached hydrogens (tertiary/aromatic N) is 2.